The number of likely N-dealkylation sites (tertiary alicyclic amines) is 1. The summed E-state index contributed by atoms with van der Waals surface area (Å²) < 4.78 is 0. The highest BCUT2D eigenvalue weighted by Crippen LogP contribution is 2.21. The molecule has 0 saturated carbocycles. The van der Waals surface area contributed by atoms with E-state index >= 15 is 0 Å². The number of rotatable bonds is 5. The van der Waals surface area contributed by atoms with E-state index < -0.39 is 0 Å². The molecule has 0 unspecified atom stereocenters. The number of ketones is 1. The van der Waals surface area contributed by atoms with E-state index in [0.717, 1.165) is 4.88 Å². The third-order valence-corrected chi connectivity index (χ3v) is 5.56. The number of piperidine rings is 1. The first kappa shape index (κ1) is 18.3. The van der Waals surface area contributed by atoms with Gasteiger partial charge in [-0.2, -0.15) is 0 Å². The van der Waals surface area contributed by atoms with Gasteiger partial charge in [0.15, 0.2) is 5.78 Å². The molecule has 136 valence electrons. The summed E-state index contributed by atoms with van der Waals surface area (Å²) in [6.45, 7) is 2.75. The largest absolute Gasteiger partial charge is 0.342 e. The number of benzene rings is 1. The first-order valence-electron chi connectivity index (χ1n) is 8.75. The van der Waals surface area contributed by atoms with Gasteiger partial charge in [0.05, 0.1) is 6.42 Å². The smallest absolute Gasteiger partial charge is 0.227 e. The van der Waals surface area contributed by atoms with Gasteiger partial charge < -0.3 is 10.2 Å². The second-order valence-electron chi connectivity index (χ2n) is 6.53. The van der Waals surface area contributed by atoms with Crippen molar-refractivity contribution in [2.75, 3.05) is 18.4 Å². The highest BCUT2D eigenvalue weighted by Gasteiger charge is 2.27. The Bertz CT molecular complexity index is 776. The molecule has 1 aromatic heterocycles. The van der Waals surface area contributed by atoms with E-state index in [1.54, 1.807) is 35.6 Å². The second kappa shape index (κ2) is 8.27. The summed E-state index contributed by atoms with van der Waals surface area (Å²) in [4.78, 5) is 39.0. The number of amides is 2. The zero-order valence-corrected chi connectivity index (χ0v) is 15.6. The SMILES string of the molecule is CC(=O)c1ccc(NC(=O)C2CCN(C(=O)Cc3cccs3)CC2)cc1. The topological polar surface area (TPSA) is 66.5 Å². The van der Waals surface area contributed by atoms with Crippen LogP contribution in [-0.4, -0.2) is 35.6 Å². The molecule has 0 atom stereocenters. The molecule has 1 aliphatic rings. The minimum atomic E-state index is -0.0896. The van der Waals surface area contributed by atoms with Crippen LogP contribution in [0.25, 0.3) is 0 Å². The Kier molecular flexibility index (Phi) is 5.83. The third-order valence-electron chi connectivity index (χ3n) is 4.68. The van der Waals surface area contributed by atoms with Crippen molar-refractivity contribution >= 4 is 34.6 Å². The number of carbonyl (C=O) groups is 3. The number of carbonyl (C=O) groups excluding carboxylic acids is 3. The fourth-order valence-electron chi connectivity index (χ4n) is 3.10. The molecule has 2 heterocycles. The van der Waals surface area contributed by atoms with E-state index in [1.165, 1.54) is 6.92 Å². The Hall–Kier alpha value is -2.47. The maximum atomic E-state index is 12.4. The Morgan fingerprint density at radius 2 is 1.81 bits per heavy atom. The van der Waals surface area contributed by atoms with Crippen LogP contribution in [0, 0.1) is 5.92 Å². The second-order valence-corrected chi connectivity index (χ2v) is 7.57. The molecule has 2 amide bonds. The van der Waals surface area contributed by atoms with Gasteiger partial charge in [0, 0.05) is 35.1 Å². The van der Waals surface area contributed by atoms with Crippen LogP contribution in [0.5, 0.6) is 0 Å². The van der Waals surface area contributed by atoms with E-state index in [0.29, 0.717) is 43.6 Å². The number of nitrogens with zero attached hydrogens (tertiary/aromatic N) is 1. The number of nitrogens with one attached hydrogen (secondary N) is 1. The molecule has 5 nitrogen and oxygen atoms in total. The summed E-state index contributed by atoms with van der Waals surface area (Å²) in [5.74, 6) is 0.0211. The molecule has 26 heavy (non-hydrogen) atoms. The molecule has 1 fully saturated rings. The first-order valence-corrected chi connectivity index (χ1v) is 9.63. The highest BCUT2D eigenvalue weighted by molar-refractivity contribution is 7.10. The quantitative estimate of drug-likeness (QED) is 0.821. The van der Waals surface area contributed by atoms with Crippen LogP contribution < -0.4 is 5.32 Å². The fraction of sp³-hybridized carbons (Fsp3) is 0.350. The molecule has 0 radical (unpaired) electrons. The minimum Gasteiger partial charge on any atom is -0.342 e. The predicted molar refractivity (Wildman–Crippen MR) is 102 cm³/mol. The molecular formula is C20H22N2O3S. The standard InChI is InChI=1S/C20H22N2O3S/c1-14(23)15-4-6-17(7-5-15)21-20(25)16-8-10-22(11-9-16)19(24)13-18-3-2-12-26-18/h2-7,12,16H,8-11,13H2,1H3,(H,21,25). The summed E-state index contributed by atoms with van der Waals surface area (Å²) >= 11 is 1.59. The molecular weight excluding hydrogens is 348 g/mol. The van der Waals surface area contributed by atoms with Crippen molar-refractivity contribution in [3.05, 3.63) is 52.2 Å². The van der Waals surface area contributed by atoms with E-state index in [4.69, 9.17) is 0 Å². The lowest BCUT2D eigenvalue weighted by Crippen LogP contribution is -2.42. The predicted octanol–water partition coefficient (Wildman–Crippen LogP) is 3.37. The third kappa shape index (κ3) is 4.58. The summed E-state index contributed by atoms with van der Waals surface area (Å²) in [5, 5.41) is 4.88. The fourth-order valence-corrected chi connectivity index (χ4v) is 3.79. The molecule has 3 rings (SSSR count). The van der Waals surface area contributed by atoms with E-state index in [9.17, 15) is 14.4 Å². The zero-order chi connectivity index (χ0) is 18.5. The lowest BCUT2D eigenvalue weighted by Gasteiger charge is -2.31. The summed E-state index contributed by atoms with van der Waals surface area (Å²) in [6, 6.07) is 10.8. The van der Waals surface area contributed by atoms with Crippen molar-refractivity contribution in [3.8, 4) is 0 Å². The number of thiophene rings is 1. The van der Waals surface area contributed by atoms with Crippen LogP contribution in [0.2, 0.25) is 0 Å². The van der Waals surface area contributed by atoms with Gasteiger partial charge in [0.2, 0.25) is 11.8 Å². The maximum absolute atomic E-state index is 12.4. The normalized spacial score (nSPS) is 14.9. The van der Waals surface area contributed by atoms with E-state index in [-0.39, 0.29) is 23.5 Å². The van der Waals surface area contributed by atoms with Crippen molar-refractivity contribution in [2.24, 2.45) is 5.92 Å². The van der Waals surface area contributed by atoms with Gasteiger partial charge in [0.25, 0.3) is 0 Å². The van der Waals surface area contributed by atoms with Gasteiger partial charge >= 0.3 is 0 Å². The van der Waals surface area contributed by atoms with Crippen molar-refractivity contribution < 1.29 is 14.4 Å². The molecule has 1 aromatic carbocycles. The summed E-state index contributed by atoms with van der Waals surface area (Å²) in [6.07, 6.45) is 1.79. The van der Waals surface area contributed by atoms with Gasteiger partial charge in [-0.05, 0) is 55.5 Å². The van der Waals surface area contributed by atoms with Crippen molar-refractivity contribution in [2.45, 2.75) is 26.2 Å². The van der Waals surface area contributed by atoms with Crippen molar-refractivity contribution in [1.29, 1.82) is 0 Å². The van der Waals surface area contributed by atoms with Crippen LogP contribution >= 0.6 is 11.3 Å². The monoisotopic (exact) mass is 370 g/mol. The Morgan fingerprint density at radius 1 is 1.12 bits per heavy atom. The highest BCUT2D eigenvalue weighted by atomic mass is 32.1. The van der Waals surface area contributed by atoms with Gasteiger partial charge in [-0.15, -0.1) is 11.3 Å². The maximum Gasteiger partial charge on any atom is 0.227 e. The van der Waals surface area contributed by atoms with Crippen LogP contribution in [0.4, 0.5) is 5.69 Å². The minimum absolute atomic E-state index is 0.00228. The summed E-state index contributed by atoms with van der Waals surface area (Å²) in [7, 11) is 0. The number of hydrogen-bond donors (Lipinski definition) is 1. The lowest BCUT2D eigenvalue weighted by molar-refractivity contribution is -0.133. The van der Waals surface area contributed by atoms with Gasteiger partial charge in [-0.25, -0.2) is 0 Å². The average molecular weight is 370 g/mol. The molecule has 0 bridgehead atoms. The van der Waals surface area contributed by atoms with E-state index in [2.05, 4.69) is 5.32 Å². The molecule has 1 aliphatic heterocycles. The van der Waals surface area contributed by atoms with Crippen molar-refractivity contribution in [1.82, 2.24) is 4.90 Å². The van der Waals surface area contributed by atoms with Crippen LogP contribution in [0.15, 0.2) is 41.8 Å². The average Bonchev–Trinajstić information content (AvgIpc) is 3.15. The van der Waals surface area contributed by atoms with Crippen LogP contribution in [-0.2, 0) is 16.0 Å². The first-order chi connectivity index (χ1) is 12.5. The molecule has 6 heteroatoms. The molecule has 1 N–H and O–H groups in total. The van der Waals surface area contributed by atoms with Gasteiger partial charge in [-0.1, -0.05) is 6.07 Å². The van der Waals surface area contributed by atoms with Crippen LogP contribution in [0.3, 0.4) is 0 Å². The van der Waals surface area contributed by atoms with Crippen LogP contribution in [0.1, 0.15) is 35.0 Å². The number of Topliss-reactive ketones (excluding diaryl/α,β-unsaturated/α-hetero) is 1. The zero-order valence-electron chi connectivity index (χ0n) is 14.7. The Morgan fingerprint density at radius 3 is 2.38 bits per heavy atom. The molecule has 2 aromatic rings. The van der Waals surface area contributed by atoms with Crippen molar-refractivity contribution in [3.63, 3.8) is 0 Å². The Balaban J connectivity index is 1.48. The molecule has 0 aliphatic carbocycles. The Labute approximate surface area is 157 Å². The molecule has 1 saturated heterocycles. The van der Waals surface area contributed by atoms with E-state index in [1.807, 2.05) is 22.4 Å². The number of hydrogen-bond acceptors (Lipinski definition) is 4. The van der Waals surface area contributed by atoms with Gasteiger partial charge in [0.1, 0.15) is 0 Å². The number of anilines is 1. The summed E-state index contributed by atoms with van der Waals surface area (Å²) in [5.41, 5.74) is 1.32. The lowest BCUT2D eigenvalue weighted by atomic mass is 9.95. The molecule has 0 spiro atoms. The van der Waals surface area contributed by atoms with Gasteiger partial charge in [-0.3, -0.25) is 14.4 Å².